The van der Waals surface area contributed by atoms with Crippen molar-refractivity contribution in [3.63, 3.8) is 0 Å². The van der Waals surface area contributed by atoms with Crippen LogP contribution in [-0.2, 0) is 0 Å². The number of unbranched alkanes of at least 4 members (excludes halogenated alkanes) is 3. The van der Waals surface area contributed by atoms with Crippen molar-refractivity contribution in [3.05, 3.63) is 12.7 Å². The molecule has 1 unspecified atom stereocenters. The Morgan fingerprint density at radius 1 is 1.29 bits per heavy atom. The van der Waals surface area contributed by atoms with Crippen LogP contribution in [0.25, 0.3) is 0 Å². The standard InChI is InChI=1S/C12H25NO/c1-3-4-9-12(2)13-10-7-5-6-8-11-14/h3,12-14H,1,4-11H2,2H3. The van der Waals surface area contributed by atoms with Gasteiger partial charge in [0.25, 0.3) is 0 Å². The summed E-state index contributed by atoms with van der Waals surface area (Å²) in [5.74, 6) is 0. The topological polar surface area (TPSA) is 32.3 Å². The summed E-state index contributed by atoms with van der Waals surface area (Å²) in [4.78, 5) is 0. The van der Waals surface area contributed by atoms with Crippen LogP contribution in [0.4, 0.5) is 0 Å². The van der Waals surface area contributed by atoms with Crippen LogP contribution in [0, 0.1) is 0 Å². The fraction of sp³-hybridized carbons (Fsp3) is 0.833. The third-order valence-electron chi connectivity index (χ3n) is 2.38. The smallest absolute Gasteiger partial charge is 0.0431 e. The van der Waals surface area contributed by atoms with Crippen molar-refractivity contribution in [2.24, 2.45) is 0 Å². The molecule has 0 bridgehead atoms. The van der Waals surface area contributed by atoms with Gasteiger partial charge in [0.15, 0.2) is 0 Å². The summed E-state index contributed by atoms with van der Waals surface area (Å²) in [6, 6.07) is 0.603. The third kappa shape index (κ3) is 9.75. The normalized spacial score (nSPS) is 12.7. The molecule has 0 saturated heterocycles. The molecule has 0 radical (unpaired) electrons. The maximum atomic E-state index is 8.58. The van der Waals surface area contributed by atoms with Gasteiger partial charge in [0.05, 0.1) is 0 Å². The molecule has 0 aliphatic heterocycles. The molecule has 2 nitrogen and oxygen atoms in total. The predicted octanol–water partition coefficient (Wildman–Crippen LogP) is 2.48. The van der Waals surface area contributed by atoms with Crippen molar-refractivity contribution in [1.82, 2.24) is 5.32 Å². The van der Waals surface area contributed by atoms with Gasteiger partial charge in [-0.3, -0.25) is 0 Å². The molecule has 0 spiro atoms. The van der Waals surface area contributed by atoms with Crippen molar-refractivity contribution in [2.45, 2.75) is 51.5 Å². The molecular weight excluding hydrogens is 174 g/mol. The Balaban J connectivity index is 3.06. The summed E-state index contributed by atoms with van der Waals surface area (Å²) in [7, 11) is 0. The number of rotatable bonds is 10. The lowest BCUT2D eigenvalue weighted by Gasteiger charge is -2.12. The molecule has 0 heterocycles. The highest BCUT2D eigenvalue weighted by atomic mass is 16.2. The van der Waals surface area contributed by atoms with Crippen LogP contribution < -0.4 is 5.32 Å². The van der Waals surface area contributed by atoms with Crippen LogP contribution in [0.2, 0.25) is 0 Å². The van der Waals surface area contributed by atoms with E-state index < -0.39 is 0 Å². The molecule has 0 saturated carbocycles. The van der Waals surface area contributed by atoms with Gasteiger partial charge in [-0.25, -0.2) is 0 Å². The molecule has 84 valence electrons. The van der Waals surface area contributed by atoms with Crippen LogP contribution >= 0.6 is 0 Å². The van der Waals surface area contributed by atoms with Gasteiger partial charge >= 0.3 is 0 Å². The Morgan fingerprint density at radius 3 is 2.64 bits per heavy atom. The molecule has 0 aromatic rings. The Hall–Kier alpha value is -0.340. The Bertz CT molecular complexity index is 125. The quantitative estimate of drug-likeness (QED) is 0.418. The van der Waals surface area contributed by atoms with E-state index in [1.165, 1.54) is 19.3 Å². The average Bonchev–Trinajstić information content (AvgIpc) is 2.20. The van der Waals surface area contributed by atoms with E-state index in [1.54, 1.807) is 0 Å². The van der Waals surface area contributed by atoms with Gasteiger partial charge in [0, 0.05) is 12.6 Å². The molecule has 0 aliphatic carbocycles. The monoisotopic (exact) mass is 199 g/mol. The molecule has 1 atom stereocenters. The van der Waals surface area contributed by atoms with E-state index in [-0.39, 0.29) is 0 Å². The van der Waals surface area contributed by atoms with E-state index in [1.807, 2.05) is 6.08 Å². The molecule has 14 heavy (non-hydrogen) atoms. The first-order chi connectivity index (χ1) is 6.81. The second-order valence-corrected chi connectivity index (χ2v) is 3.86. The Kier molecular flexibility index (Phi) is 10.5. The van der Waals surface area contributed by atoms with Crippen LogP contribution in [0.15, 0.2) is 12.7 Å². The van der Waals surface area contributed by atoms with Gasteiger partial charge in [0.1, 0.15) is 0 Å². The lowest BCUT2D eigenvalue weighted by Crippen LogP contribution is -2.26. The van der Waals surface area contributed by atoms with Crippen LogP contribution in [-0.4, -0.2) is 24.3 Å². The first-order valence-electron chi connectivity index (χ1n) is 5.76. The van der Waals surface area contributed by atoms with Gasteiger partial charge in [-0.1, -0.05) is 18.9 Å². The molecule has 0 aromatic heterocycles. The summed E-state index contributed by atoms with van der Waals surface area (Å²) >= 11 is 0. The molecule has 0 rings (SSSR count). The number of hydrogen-bond donors (Lipinski definition) is 2. The van der Waals surface area contributed by atoms with Crippen molar-refractivity contribution in [2.75, 3.05) is 13.2 Å². The number of hydrogen-bond acceptors (Lipinski definition) is 2. The number of aliphatic hydroxyl groups excluding tert-OH is 1. The van der Waals surface area contributed by atoms with Gasteiger partial charge in [-0.2, -0.15) is 0 Å². The number of aliphatic hydroxyl groups is 1. The summed E-state index contributed by atoms with van der Waals surface area (Å²) in [5, 5.41) is 12.1. The Labute approximate surface area is 88.4 Å². The zero-order chi connectivity index (χ0) is 10.6. The van der Waals surface area contributed by atoms with Crippen molar-refractivity contribution in [1.29, 1.82) is 0 Å². The maximum absolute atomic E-state index is 8.58. The van der Waals surface area contributed by atoms with Crippen LogP contribution in [0.1, 0.15) is 45.4 Å². The molecule has 0 fully saturated rings. The number of nitrogens with one attached hydrogen (secondary N) is 1. The summed E-state index contributed by atoms with van der Waals surface area (Å²) in [5.41, 5.74) is 0. The Morgan fingerprint density at radius 2 is 2.00 bits per heavy atom. The van der Waals surface area contributed by atoms with Crippen molar-refractivity contribution >= 4 is 0 Å². The highest BCUT2D eigenvalue weighted by Crippen LogP contribution is 2.00. The number of allylic oxidation sites excluding steroid dienone is 1. The van der Waals surface area contributed by atoms with Crippen LogP contribution in [0.3, 0.4) is 0 Å². The van der Waals surface area contributed by atoms with E-state index in [9.17, 15) is 0 Å². The maximum Gasteiger partial charge on any atom is 0.0431 e. The zero-order valence-electron chi connectivity index (χ0n) is 9.47. The second-order valence-electron chi connectivity index (χ2n) is 3.86. The van der Waals surface area contributed by atoms with E-state index >= 15 is 0 Å². The third-order valence-corrected chi connectivity index (χ3v) is 2.38. The largest absolute Gasteiger partial charge is 0.396 e. The van der Waals surface area contributed by atoms with E-state index in [0.29, 0.717) is 12.6 Å². The molecular formula is C12H25NO. The minimum absolute atomic E-state index is 0.336. The highest BCUT2D eigenvalue weighted by molar-refractivity contribution is 4.70. The van der Waals surface area contributed by atoms with Gasteiger partial charge in [-0.05, 0) is 39.2 Å². The first-order valence-corrected chi connectivity index (χ1v) is 5.76. The first kappa shape index (κ1) is 13.7. The lowest BCUT2D eigenvalue weighted by atomic mass is 10.1. The highest BCUT2D eigenvalue weighted by Gasteiger charge is 1.98. The molecule has 0 amide bonds. The molecule has 2 heteroatoms. The predicted molar refractivity (Wildman–Crippen MR) is 62.4 cm³/mol. The minimum Gasteiger partial charge on any atom is -0.396 e. The molecule has 0 aliphatic rings. The molecule has 0 aromatic carbocycles. The van der Waals surface area contributed by atoms with E-state index in [4.69, 9.17) is 5.11 Å². The van der Waals surface area contributed by atoms with E-state index in [2.05, 4.69) is 18.8 Å². The molecule has 2 N–H and O–H groups in total. The van der Waals surface area contributed by atoms with Gasteiger partial charge in [0.2, 0.25) is 0 Å². The summed E-state index contributed by atoms with van der Waals surface area (Å²) < 4.78 is 0. The van der Waals surface area contributed by atoms with Gasteiger partial charge < -0.3 is 10.4 Å². The average molecular weight is 199 g/mol. The lowest BCUT2D eigenvalue weighted by molar-refractivity contribution is 0.282. The van der Waals surface area contributed by atoms with E-state index in [0.717, 1.165) is 25.8 Å². The second kappa shape index (κ2) is 10.7. The van der Waals surface area contributed by atoms with Gasteiger partial charge in [-0.15, -0.1) is 6.58 Å². The zero-order valence-corrected chi connectivity index (χ0v) is 9.47. The summed E-state index contributed by atoms with van der Waals surface area (Å²) in [6.07, 6.45) is 8.80. The fourth-order valence-corrected chi connectivity index (χ4v) is 1.41. The minimum atomic E-state index is 0.336. The van der Waals surface area contributed by atoms with Crippen LogP contribution in [0.5, 0.6) is 0 Å². The summed E-state index contributed by atoms with van der Waals surface area (Å²) in [6.45, 7) is 7.37. The van der Waals surface area contributed by atoms with Crippen molar-refractivity contribution in [3.8, 4) is 0 Å². The fourth-order valence-electron chi connectivity index (χ4n) is 1.41. The SMILES string of the molecule is C=CCCC(C)NCCCCCCO. The van der Waals surface area contributed by atoms with Crippen molar-refractivity contribution < 1.29 is 5.11 Å².